The summed E-state index contributed by atoms with van der Waals surface area (Å²) in [6.45, 7) is 5.52. The van der Waals surface area contributed by atoms with Gasteiger partial charge in [0.1, 0.15) is 0 Å². The van der Waals surface area contributed by atoms with E-state index in [1.165, 1.54) is 29.7 Å². The Morgan fingerprint density at radius 3 is 2.55 bits per heavy atom. The molecule has 154 valence electrons. The van der Waals surface area contributed by atoms with Crippen LogP contribution in [-0.2, 0) is 16.3 Å². The number of fused-ring (bicyclic) bond motifs is 1. The Morgan fingerprint density at radius 2 is 1.83 bits per heavy atom. The molecule has 1 heterocycles. The van der Waals surface area contributed by atoms with Crippen LogP contribution in [0.3, 0.4) is 0 Å². The summed E-state index contributed by atoms with van der Waals surface area (Å²) in [5.41, 5.74) is 4.25. The van der Waals surface area contributed by atoms with Crippen molar-refractivity contribution in [2.24, 2.45) is 10.4 Å². The lowest BCUT2D eigenvalue weighted by molar-refractivity contribution is 0.341. The van der Waals surface area contributed by atoms with Crippen LogP contribution in [0, 0.1) is 5.41 Å². The van der Waals surface area contributed by atoms with E-state index in [2.05, 4.69) is 13.8 Å². The maximum atomic E-state index is 13.1. The molecule has 0 fully saturated rings. The smallest absolute Gasteiger partial charge is 0.206 e. The average molecular weight is 410 g/mol. The second-order valence-corrected chi connectivity index (χ2v) is 11.3. The quantitative estimate of drug-likeness (QED) is 0.610. The summed E-state index contributed by atoms with van der Waals surface area (Å²) in [6, 6.07) is 14.5. The number of hydrogen-bond donors (Lipinski definition) is 0. The molecule has 4 rings (SSSR count). The van der Waals surface area contributed by atoms with E-state index >= 15 is 0 Å². The Labute approximate surface area is 175 Å². The number of aryl methyl sites for hydroxylation is 1. The van der Waals surface area contributed by atoms with Crippen molar-refractivity contribution >= 4 is 15.5 Å². The predicted octanol–water partition coefficient (Wildman–Crippen LogP) is 5.98. The van der Waals surface area contributed by atoms with E-state index in [0.29, 0.717) is 21.1 Å². The maximum absolute atomic E-state index is 13.1. The van der Waals surface area contributed by atoms with Gasteiger partial charge in [-0.15, -0.1) is 0 Å². The zero-order valence-electron chi connectivity index (χ0n) is 17.5. The van der Waals surface area contributed by atoms with Gasteiger partial charge in [0.2, 0.25) is 9.84 Å². The van der Waals surface area contributed by atoms with Crippen LogP contribution in [0.2, 0.25) is 0 Å². The van der Waals surface area contributed by atoms with Crippen molar-refractivity contribution in [1.82, 2.24) is 0 Å². The molecule has 0 saturated carbocycles. The Balaban J connectivity index is 1.55. The Bertz CT molecular complexity index is 1010. The number of aliphatic imine (C=N–C) groups is 1. The summed E-state index contributed by atoms with van der Waals surface area (Å²) < 4.78 is 26.1. The first kappa shape index (κ1) is 20.3. The molecule has 2 aromatic carbocycles. The number of sulfone groups is 1. The molecule has 29 heavy (non-hydrogen) atoms. The Kier molecular flexibility index (Phi) is 5.65. The minimum atomic E-state index is -3.47. The Hall–Kier alpha value is -1.94. The highest BCUT2D eigenvalue weighted by molar-refractivity contribution is 7.91. The average Bonchev–Trinajstić information content (AvgIpc) is 2.73. The van der Waals surface area contributed by atoms with Crippen LogP contribution < -0.4 is 0 Å². The molecule has 2 aromatic rings. The third-order valence-electron chi connectivity index (χ3n) is 6.52. The normalized spacial score (nSPS) is 21.3. The third-order valence-corrected chi connectivity index (χ3v) is 8.29. The lowest BCUT2D eigenvalue weighted by atomic mass is 9.79. The molecule has 1 aliphatic heterocycles. The van der Waals surface area contributed by atoms with E-state index < -0.39 is 9.84 Å². The molecule has 1 atom stereocenters. The minimum Gasteiger partial charge on any atom is -0.294 e. The van der Waals surface area contributed by atoms with Gasteiger partial charge in [-0.1, -0.05) is 38.1 Å². The molecule has 3 nitrogen and oxygen atoms in total. The van der Waals surface area contributed by atoms with Crippen LogP contribution >= 0.6 is 0 Å². The topological polar surface area (TPSA) is 46.5 Å². The van der Waals surface area contributed by atoms with Crippen molar-refractivity contribution in [2.75, 3.05) is 6.54 Å². The fourth-order valence-electron chi connectivity index (χ4n) is 4.59. The van der Waals surface area contributed by atoms with E-state index in [-0.39, 0.29) is 0 Å². The van der Waals surface area contributed by atoms with Crippen molar-refractivity contribution < 1.29 is 8.42 Å². The molecule has 0 radical (unpaired) electrons. The van der Waals surface area contributed by atoms with E-state index in [0.717, 1.165) is 38.6 Å². The summed E-state index contributed by atoms with van der Waals surface area (Å²) in [5, 5.41) is 0. The molecule has 0 N–H and O–H groups in total. The van der Waals surface area contributed by atoms with Gasteiger partial charge in [0.15, 0.2) is 0 Å². The zero-order chi connectivity index (χ0) is 20.5. The number of hydrogen-bond acceptors (Lipinski definition) is 3. The van der Waals surface area contributed by atoms with Gasteiger partial charge in [0.05, 0.1) is 9.79 Å². The maximum Gasteiger partial charge on any atom is 0.206 e. The van der Waals surface area contributed by atoms with Crippen molar-refractivity contribution in [3.63, 3.8) is 0 Å². The first-order valence-electron chi connectivity index (χ1n) is 10.8. The molecule has 1 aliphatic carbocycles. The third kappa shape index (κ3) is 4.48. The first-order chi connectivity index (χ1) is 13.9. The van der Waals surface area contributed by atoms with Gasteiger partial charge in [0.25, 0.3) is 0 Å². The van der Waals surface area contributed by atoms with Gasteiger partial charge in [-0.2, -0.15) is 0 Å². The van der Waals surface area contributed by atoms with Crippen LogP contribution in [0.25, 0.3) is 0 Å². The summed E-state index contributed by atoms with van der Waals surface area (Å²) in [6.07, 6.45) is 7.80. The standard InChI is InChI=1S/C25H31NO2S/c1-25(2)16-15-21(26-18-25)13-11-19-7-6-8-20-12-14-23(17-24(19)20)29(27,28)22-9-4-3-5-10-22/h3-5,9-10,12,14,17,19H,6-8,11,13,15-16,18H2,1-2H3. The lowest BCUT2D eigenvalue weighted by Crippen LogP contribution is -2.23. The molecule has 0 amide bonds. The van der Waals surface area contributed by atoms with Crippen LogP contribution in [0.5, 0.6) is 0 Å². The molecule has 0 spiro atoms. The largest absolute Gasteiger partial charge is 0.294 e. The number of rotatable bonds is 5. The molecular weight excluding hydrogens is 378 g/mol. The van der Waals surface area contributed by atoms with Gasteiger partial charge in [0, 0.05) is 12.3 Å². The predicted molar refractivity (Wildman–Crippen MR) is 119 cm³/mol. The molecule has 4 heteroatoms. The van der Waals surface area contributed by atoms with Crippen LogP contribution in [-0.4, -0.2) is 20.7 Å². The zero-order valence-corrected chi connectivity index (χ0v) is 18.3. The van der Waals surface area contributed by atoms with E-state index in [9.17, 15) is 8.42 Å². The fourth-order valence-corrected chi connectivity index (χ4v) is 5.91. The second-order valence-electron chi connectivity index (χ2n) is 9.35. The molecule has 0 bridgehead atoms. The van der Waals surface area contributed by atoms with Crippen molar-refractivity contribution in [1.29, 1.82) is 0 Å². The van der Waals surface area contributed by atoms with Crippen molar-refractivity contribution in [3.05, 3.63) is 59.7 Å². The minimum absolute atomic E-state index is 0.335. The highest BCUT2D eigenvalue weighted by atomic mass is 32.2. The molecule has 0 saturated heterocycles. The van der Waals surface area contributed by atoms with Gasteiger partial charge < -0.3 is 0 Å². The van der Waals surface area contributed by atoms with Crippen LogP contribution in [0.4, 0.5) is 0 Å². The van der Waals surface area contributed by atoms with Gasteiger partial charge in [-0.25, -0.2) is 8.42 Å². The van der Waals surface area contributed by atoms with E-state index in [1.54, 1.807) is 30.3 Å². The highest BCUT2D eigenvalue weighted by Crippen LogP contribution is 2.38. The summed E-state index contributed by atoms with van der Waals surface area (Å²) in [5.74, 6) is 0.433. The van der Waals surface area contributed by atoms with Gasteiger partial charge >= 0.3 is 0 Å². The summed E-state index contributed by atoms with van der Waals surface area (Å²) in [7, 11) is -3.47. The lowest BCUT2D eigenvalue weighted by Gasteiger charge is -2.29. The highest BCUT2D eigenvalue weighted by Gasteiger charge is 2.26. The Morgan fingerprint density at radius 1 is 1.03 bits per heavy atom. The second kappa shape index (κ2) is 8.06. The van der Waals surface area contributed by atoms with Crippen molar-refractivity contribution in [2.45, 2.75) is 74.5 Å². The van der Waals surface area contributed by atoms with E-state index in [1.807, 2.05) is 18.2 Å². The molecule has 1 unspecified atom stereocenters. The van der Waals surface area contributed by atoms with Gasteiger partial charge in [-0.05, 0) is 91.7 Å². The first-order valence-corrected chi connectivity index (χ1v) is 12.3. The van der Waals surface area contributed by atoms with Crippen LogP contribution in [0.15, 0.2) is 63.3 Å². The number of nitrogens with zero attached hydrogens (tertiary/aromatic N) is 1. The summed E-state index contributed by atoms with van der Waals surface area (Å²) in [4.78, 5) is 5.63. The van der Waals surface area contributed by atoms with Crippen molar-refractivity contribution in [3.8, 4) is 0 Å². The van der Waals surface area contributed by atoms with Gasteiger partial charge in [-0.3, -0.25) is 4.99 Å². The molecular formula is C25H31NO2S. The van der Waals surface area contributed by atoms with E-state index in [4.69, 9.17) is 4.99 Å². The fraction of sp³-hybridized carbons (Fsp3) is 0.480. The number of benzene rings is 2. The molecule has 2 aliphatic rings. The molecule has 0 aromatic heterocycles. The monoisotopic (exact) mass is 409 g/mol. The SMILES string of the molecule is CC1(C)CCC(CCC2CCCc3ccc(S(=O)(=O)c4ccccc4)cc32)=NC1. The summed E-state index contributed by atoms with van der Waals surface area (Å²) >= 11 is 0. The van der Waals surface area contributed by atoms with Crippen LogP contribution in [0.1, 0.15) is 69.4 Å².